The van der Waals surface area contributed by atoms with E-state index in [4.69, 9.17) is 14.2 Å². The largest absolute Gasteiger partial charge is 0.452 e. The lowest BCUT2D eigenvalue weighted by molar-refractivity contribution is -0.276. The first-order valence-electron chi connectivity index (χ1n) is 8.51. The second-order valence-corrected chi connectivity index (χ2v) is 6.19. The highest BCUT2D eigenvalue weighted by atomic mass is 16.7. The van der Waals surface area contributed by atoms with Crippen LogP contribution in [0.5, 0.6) is 0 Å². The van der Waals surface area contributed by atoms with Crippen LogP contribution >= 0.6 is 0 Å². The smallest absolute Gasteiger partial charge is 0.338 e. The van der Waals surface area contributed by atoms with Gasteiger partial charge in [0.25, 0.3) is 0 Å². The van der Waals surface area contributed by atoms with Gasteiger partial charge in [-0.05, 0) is 31.2 Å². The molecular weight excluding hydrogens is 352 g/mol. The van der Waals surface area contributed by atoms with Crippen molar-refractivity contribution in [2.45, 2.75) is 37.6 Å². The zero-order valence-corrected chi connectivity index (χ0v) is 14.6. The first-order valence-corrected chi connectivity index (χ1v) is 8.51. The molecule has 0 amide bonds. The Hall–Kier alpha value is -2.74. The zero-order chi connectivity index (χ0) is 19.4. The molecule has 1 aliphatic heterocycles. The lowest BCUT2D eigenvalue weighted by atomic mass is 9.99. The average molecular weight is 372 g/mol. The van der Waals surface area contributed by atoms with Gasteiger partial charge in [-0.15, -0.1) is 0 Å². The van der Waals surface area contributed by atoms with Gasteiger partial charge >= 0.3 is 11.9 Å². The summed E-state index contributed by atoms with van der Waals surface area (Å²) in [5.41, 5.74) is 0.525. The summed E-state index contributed by atoms with van der Waals surface area (Å²) in [6.45, 7) is 1.52. The van der Waals surface area contributed by atoms with E-state index in [1.807, 2.05) is 0 Å². The van der Waals surface area contributed by atoms with Gasteiger partial charge in [-0.25, -0.2) is 9.59 Å². The standard InChI is InChI=1S/C20H20O7/c1-12-15(21)16(26-18(22)13-8-4-2-5-9-13)17(20(24)25-12)27-19(23)14-10-6-3-7-11-14/h2-12,15-17,20-21,24H,1H3/t12-,15+,16-,17-,20+/m0/s1. The molecule has 0 unspecified atom stereocenters. The van der Waals surface area contributed by atoms with Crippen LogP contribution in [-0.4, -0.2) is 52.9 Å². The monoisotopic (exact) mass is 372 g/mol. The van der Waals surface area contributed by atoms with Crippen molar-refractivity contribution in [3.05, 3.63) is 71.8 Å². The summed E-state index contributed by atoms with van der Waals surface area (Å²) in [5, 5.41) is 20.6. The third kappa shape index (κ3) is 4.33. The molecule has 5 atom stereocenters. The van der Waals surface area contributed by atoms with Crippen molar-refractivity contribution in [1.82, 2.24) is 0 Å². The van der Waals surface area contributed by atoms with Crippen molar-refractivity contribution >= 4 is 11.9 Å². The average Bonchev–Trinajstić information content (AvgIpc) is 2.69. The number of carbonyl (C=O) groups excluding carboxylic acids is 2. The predicted octanol–water partition coefficient (Wildman–Crippen LogP) is 1.54. The van der Waals surface area contributed by atoms with Gasteiger partial charge < -0.3 is 24.4 Å². The van der Waals surface area contributed by atoms with Gasteiger partial charge in [0.15, 0.2) is 18.5 Å². The van der Waals surface area contributed by atoms with E-state index in [9.17, 15) is 19.8 Å². The molecule has 27 heavy (non-hydrogen) atoms. The van der Waals surface area contributed by atoms with Crippen molar-refractivity contribution in [1.29, 1.82) is 0 Å². The van der Waals surface area contributed by atoms with E-state index in [0.29, 0.717) is 0 Å². The number of aliphatic hydroxyl groups excluding tert-OH is 2. The minimum absolute atomic E-state index is 0.256. The Labute approximate surface area is 156 Å². The summed E-state index contributed by atoms with van der Waals surface area (Å²) >= 11 is 0. The number of hydrogen-bond donors (Lipinski definition) is 2. The summed E-state index contributed by atoms with van der Waals surface area (Å²) in [4.78, 5) is 24.7. The lowest BCUT2D eigenvalue weighted by Crippen LogP contribution is -2.59. The SMILES string of the molecule is C[C@@H]1O[C@@H](O)[C@@H](OC(=O)c2ccccc2)[C@@H](OC(=O)c2ccccc2)[C@@H]1O. The van der Waals surface area contributed by atoms with Gasteiger partial charge in [-0.3, -0.25) is 0 Å². The quantitative estimate of drug-likeness (QED) is 0.785. The molecule has 1 saturated heterocycles. The van der Waals surface area contributed by atoms with Crippen molar-refractivity contribution in [3.8, 4) is 0 Å². The molecule has 2 aromatic carbocycles. The van der Waals surface area contributed by atoms with Gasteiger partial charge in [0, 0.05) is 0 Å². The summed E-state index contributed by atoms with van der Waals surface area (Å²) in [5.74, 6) is -1.44. The van der Waals surface area contributed by atoms with E-state index in [1.165, 1.54) is 6.92 Å². The van der Waals surface area contributed by atoms with Crippen LogP contribution in [-0.2, 0) is 14.2 Å². The third-order valence-corrected chi connectivity index (χ3v) is 4.28. The topological polar surface area (TPSA) is 102 Å². The first kappa shape index (κ1) is 19.0. The van der Waals surface area contributed by atoms with E-state index in [2.05, 4.69) is 0 Å². The Balaban J connectivity index is 1.80. The molecule has 142 valence electrons. The molecule has 0 saturated carbocycles. The van der Waals surface area contributed by atoms with Crippen LogP contribution in [0.2, 0.25) is 0 Å². The number of rotatable bonds is 4. The fraction of sp³-hybridized carbons (Fsp3) is 0.300. The molecule has 1 aliphatic rings. The fourth-order valence-electron chi connectivity index (χ4n) is 2.80. The Bertz CT molecular complexity index is 777. The molecular formula is C20H20O7. The minimum atomic E-state index is -1.55. The Kier molecular flexibility index (Phi) is 5.85. The fourth-order valence-corrected chi connectivity index (χ4v) is 2.80. The maximum absolute atomic E-state index is 12.4. The van der Waals surface area contributed by atoms with Crippen LogP contribution in [0, 0.1) is 0 Å². The predicted molar refractivity (Wildman–Crippen MR) is 93.9 cm³/mol. The molecule has 0 bridgehead atoms. The maximum atomic E-state index is 12.4. The molecule has 7 nitrogen and oxygen atoms in total. The molecule has 0 aliphatic carbocycles. The van der Waals surface area contributed by atoms with E-state index < -0.39 is 42.6 Å². The van der Waals surface area contributed by atoms with E-state index in [-0.39, 0.29) is 11.1 Å². The van der Waals surface area contributed by atoms with E-state index in [0.717, 1.165) is 0 Å². The molecule has 2 N–H and O–H groups in total. The van der Waals surface area contributed by atoms with Crippen LogP contribution in [0.25, 0.3) is 0 Å². The molecule has 3 rings (SSSR count). The van der Waals surface area contributed by atoms with Crippen molar-refractivity contribution < 1.29 is 34.0 Å². The number of ether oxygens (including phenoxy) is 3. The Morgan fingerprint density at radius 2 is 1.26 bits per heavy atom. The molecule has 2 aromatic rings. The van der Waals surface area contributed by atoms with Gasteiger partial charge in [0.05, 0.1) is 17.2 Å². The molecule has 0 spiro atoms. The van der Waals surface area contributed by atoms with Crippen LogP contribution in [0.3, 0.4) is 0 Å². The van der Waals surface area contributed by atoms with Crippen LogP contribution in [0.4, 0.5) is 0 Å². The van der Waals surface area contributed by atoms with E-state index >= 15 is 0 Å². The minimum Gasteiger partial charge on any atom is -0.452 e. The summed E-state index contributed by atoms with van der Waals surface area (Å²) < 4.78 is 15.9. The highest BCUT2D eigenvalue weighted by molar-refractivity contribution is 5.90. The van der Waals surface area contributed by atoms with Gasteiger partial charge in [0.1, 0.15) is 6.10 Å². The molecule has 0 aromatic heterocycles. The van der Waals surface area contributed by atoms with Crippen molar-refractivity contribution in [2.24, 2.45) is 0 Å². The van der Waals surface area contributed by atoms with E-state index in [1.54, 1.807) is 60.7 Å². The maximum Gasteiger partial charge on any atom is 0.338 e. The number of hydrogen-bond acceptors (Lipinski definition) is 7. The summed E-state index contributed by atoms with van der Waals surface area (Å²) in [6, 6.07) is 16.3. The molecule has 1 fully saturated rings. The normalized spacial score (nSPS) is 27.6. The van der Waals surface area contributed by atoms with Gasteiger partial charge in [-0.2, -0.15) is 0 Å². The molecule has 0 radical (unpaired) electrons. The van der Waals surface area contributed by atoms with Gasteiger partial charge in [-0.1, -0.05) is 36.4 Å². The summed E-state index contributed by atoms with van der Waals surface area (Å²) in [7, 11) is 0. The van der Waals surface area contributed by atoms with Crippen molar-refractivity contribution in [3.63, 3.8) is 0 Å². The van der Waals surface area contributed by atoms with Gasteiger partial charge in [0.2, 0.25) is 0 Å². The number of aliphatic hydroxyl groups is 2. The molecule has 7 heteroatoms. The second kappa shape index (κ2) is 8.30. The summed E-state index contributed by atoms with van der Waals surface area (Å²) in [6.07, 6.45) is -6.32. The number of benzene rings is 2. The van der Waals surface area contributed by atoms with Crippen LogP contribution in [0.1, 0.15) is 27.6 Å². The highest BCUT2D eigenvalue weighted by Gasteiger charge is 2.48. The Morgan fingerprint density at radius 1 is 0.815 bits per heavy atom. The Morgan fingerprint density at radius 3 is 1.74 bits per heavy atom. The lowest BCUT2D eigenvalue weighted by Gasteiger charge is -2.40. The number of esters is 2. The number of carbonyl (C=O) groups is 2. The zero-order valence-electron chi connectivity index (χ0n) is 14.6. The van der Waals surface area contributed by atoms with Crippen LogP contribution in [0.15, 0.2) is 60.7 Å². The first-order chi connectivity index (χ1) is 13.0. The highest BCUT2D eigenvalue weighted by Crippen LogP contribution is 2.26. The van der Waals surface area contributed by atoms with Crippen molar-refractivity contribution in [2.75, 3.05) is 0 Å². The second-order valence-electron chi connectivity index (χ2n) is 6.19. The van der Waals surface area contributed by atoms with Crippen LogP contribution < -0.4 is 0 Å². The molecule has 1 heterocycles. The third-order valence-electron chi connectivity index (χ3n) is 4.28.